The molecule has 17 heavy (non-hydrogen) atoms. The Bertz CT molecular complexity index is 411. The van der Waals surface area contributed by atoms with Crippen LogP contribution in [0.2, 0.25) is 0 Å². The van der Waals surface area contributed by atoms with Crippen molar-refractivity contribution in [1.29, 1.82) is 0 Å². The monoisotopic (exact) mass is 235 g/mol. The van der Waals surface area contributed by atoms with Gasteiger partial charge in [-0.3, -0.25) is 0 Å². The third kappa shape index (κ3) is 2.42. The summed E-state index contributed by atoms with van der Waals surface area (Å²) in [7, 11) is 3.00. The topological polar surface area (TPSA) is 47.6 Å². The number of hydrogen-bond acceptors (Lipinski definition) is 4. The Kier molecular flexibility index (Phi) is 3.64. The molecule has 1 atom stereocenters. The summed E-state index contributed by atoms with van der Waals surface area (Å²) in [5.41, 5.74) is 1.63. The molecule has 0 unspecified atom stereocenters. The second kappa shape index (κ2) is 5.19. The Morgan fingerprint density at radius 2 is 2.24 bits per heavy atom. The molecule has 1 aromatic carbocycles. The van der Waals surface area contributed by atoms with Gasteiger partial charge in [0.05, 0.1) is 19.8 Å². The zero-order valence-corrected chi connectivity index (χ0v) is 10.2. The first-order chi connectivity index (χ1) is 8.26. The lowest BCUT2D eigenvalue weighted by molar-refractivity contribution is 0.0600. The van der Waals surface area contributed by atoms with Gasteiger partial charge in [0.15, 0.2) is 0 Å². The maximum Gasteiger partial charge on any atom is 0.337 e. The van der Waals surface area contributed by atoms with Gasteiger partial charge in [-0.15, -0.1) is 0 Å². The molecule has 0 saturated carbocycles. The standard InChI is InChI=1S/C13H17NO3/c1-16-12-8-9(13(15)17-2)5-6-10(12)11-4-3-7-14-11/h5-6,8,11,14H,3-4,7H2,1-2H3/t11-/m1/s1. The molecule has 0 amide bonds. The number of carbonyl (C=O) groups excluding carboxylic acids is 1. The van der Waals surface area contributed by atoms with Gasteiger partial charge in [0.2, 0.25) is 0 Å². The predicted octanol–water partition coefficient (Wildman–Crippen LogP) is 1.91. The van der Waals surface area contributed by atoms with Crippen molar-refractivity contribution in [3.63, 3.8) is 0 Å². The summed E-state index contributed by atoms with van der Waals surface area (Å²) < 4.78 is 10.0. The van der Waals surface area contributed by atoms with Crippen molar-refractivity contribution in [2.24, 2.45) is 0 Å². The van der Waals surface area contributed by atoms with Gasteiger partial charge < -0.3 is 14.8 Å². The Hall–Kier alpha value is -1.55. The van der Waals surface area contributed by atoms with Crippen molar-refractivity contribution in [2.75, 3.05) is 20.8 Å². The van der Waals surface area contributed by atoms with Gasteiger partial charge in [-0.1, -0.05) is 6.07 Å². The van der Waals surface area contributed by atoms with Crippen LogP contribution in [0.3, 0.4) is 0 Å². The normalized spacial score (nSPS) is 19.1. The van der Waals surface area contributed by atoms with E-state index < -0.39 is 0 Å². The fourth-order valence-electron chi connectivity index (χ4n) is 2.19. The maximum absolute atomic E-state index is 11.4. The molecule has 0 aliphatic carbocycles. The van der Waals surface area contributed by atoms with E-state index in [1.807, 2.05) is 6.07 Å². The minimum absolute atomic E-state index is 0.330. The van der Waals surface area contributed by atoms with Crippen molar-refractivity contribution in [1.82, 2.24) is 5.32 Å². The van der Waals surface area contributed by atoms with Crippen LogP contribution in [0.25, 0.3) is 0 Å². The quantitative estimate of drug-likeness (QED) is 0.813. The first-order valence-corrected chi connectivity index (χ1v) is 5.76. The number of benzene rings is 1. The van der Waals surface area contributed by atoms with Crippen molar-refractivity contribution in [3.05, 3.63) is 29.3 Å². The van der Waals surface area contributed by atoms with Crippen molar-refractivity contribution in [3.8, 4) is 5.75 Å². The Balaban J connectivity index is 2.30. The molecule has 1 aliphatic rings. The zero-order chi connectivity index (χ0) is 12.3. The lowest BCUT2D eigenvalue weighted by Gasteiger charge is -2.15. The average molecular weight is 235 g/mol. The molecule has 1 aliphatic heterocycles. The van der Waals surface area contributed by atoms with Gasteiger partial charge in [-0.2, -0.15) is 0 Å². The van der Waals surface area contributed by atoms with Crippen LogP contribution in [-0.4, -0.2) is 26.7 Å². The Labute approximate surface area is 101 Å². The molecular formula is C13H17NO3. The third-order valence-electron chi connectivity index (χ3n) is 3.09. The lowest BCUT2D eigenvalue weighted by atomic mass is 10.0. The van der Waals surface area contributed by atoms with Crippen LogP contribution >= 0.6 is 0 Å². The van der Waals surface area contributed by atoms with E-state index in [4.69, 9.17) is 9.47 Å². The molecule has 1 fully saturated rings. The summed E-state index contributed by atoms with van der Waals surface area (Å²) in [4.78, 5) is 11.4. The van der Waals surface area contributed by atoms with E-state index in [1.165, 1.54) is 13.5 Å². The second-order valence-corrected chi connectivity index (χ2v) is 4.10. The molecule has 1 aromatic rings. The van der Waals surface area contributed by atoms with Crippen LogP contribution in [-0.2, 0) is 4.74 Å². The minimum Gasteiger partial charge on any atom is -0.496 e. The number of carbonyl (C=O) groups is 1. The molecule has 1 saturated heterocycles. The van der Waals surface area contributed by atoms with Gasteiger partial charge in [-0.25, -0.2) is 4.79 Å². The van der Waals surface area contributed by atoms with Crippen LogP contribution in [0.4, 0.5) is 0 Å². The molecule has 0 aromatic heterocycles. The molecule has 1 N–H and O–H groups in total. The highest BCUT2D eigenvalue weighted by Gasteiger charge is 2.20. The third-order valence-corrected chi connectivity index (χ3v) is 3.09. The molecule has 0 spiro atoms. The highest BCUT2D eigenvalue weighted by molar-refractivity contribution is 5.89. The van der Waals surface area contributed by atoms with Crippen molar-refractivity contribution >= 4 is 5.97 Å². The molecule has 1 heterocycles. The fraction of sp³-hybridized carbons (Fsp3) is 0.462. The molecule has 0 radical (unpaired) electrons. The zero-order valence-electron chi connectivity index (χ0n) is 10.2. The summed E-state index contributed by atoms with van der Waals surface area (Å²) in [6.45, 7) is 1.03. The number of ether oxygens (including phenoxy) is 2. The van der Waals surface area contributed by atoms with E-state index >= 15 is 0 Å². The highest BCUT2D eigenvalue weighted by Crippen LogP contribution is 2.31. The van der Waals surface area contributed by atoms with Gasteiger partial charge in [0.1, 0.15) is 5.75 Å². The fourth-order valence-corrected chi connectivity index (χ4v) is 2.19. The lowest BCUT2D eigenvalue weighted by Crippen LogP contribution is -2.14. The van der Waals surface area contributed by atoms with Crippen LogP contribution < -0.4 is 10.1 Å². The van der Waals surface area contributed by atoms with Gasteiger partial charge in [-0.05, 0) is 31.5 Å². The largest absolute Gasteiger partial charge is 0.496 e. The molecule has 4 heteroatoms. The minimum atomic E-state index is -0.339. The van der Waals surface area contributed by atoms with Crippen molar-refractivity contribution in [2.45, 2.75) is 18.9 Å². The van der Waals surface area contributed by atoms with E-state index in [1.54, 1.807) is 19.2 Å². The summed E-state index contributed by atoms with van der Waals surface area (Å²) in [5, 5.41) is 3.41. The van der Waals surface area contributed by atoms with Crippen molar-refractivity contribution < 1.29 is 14.3 Å². The van der Waals surface area contributed by atoms with Crippen LogP contribution in [0.15, 0.2) is 18.2 Å². The second-order valence-electron chi connectivity index (χ2n) is 4.10. The van der Waals surface area contributed by atoms with Crippen LogP contribution in [0.5, 0.6) is 5.75 Å². The van der Waals surface area contributed by atoms with E-state index in [-0.39, 0.29) is 5.97 Å². The summed E-state index contributed by atoms with van der Waals surface area (Å²) in [6.07, 6.45) is 2.28. The molecule has 0 bridgehead atoms. The van der Waals surface area contributed by atoms with E-state index in [2.05, 4.69) is 5.32 Å². The SMILES string of the molecule is COC(=O)c1ccc([C@H]2CCCN2)c(OC)c1. The smallest absolute Gasteiger partial charge is 0.337 e. The molecule has 4 nitrogen and oxygen atoms in total. The number of hydrogen-bond donors (Lipinski definition) is 1. The van der Waals surface area contributed by atoms with Crippen LogP contribution in [0, 0.1) is 0 Å². The number of nitrogens with one attached hydrogen (secondary N) is 1. The summed E-state index contributed by atoms with van der Waals surface area (Å²) >= 11 is 0. The summed E-state index contributed by atoms with van der Waals surface area (Å²) in [5.74, 6) is 0.404. The number of methoxy groups -OCH3 is 2. The molecule has 2 rings (SSSR count). The van der Waals surface area contributed by atoms with Gasteiger partial charge in [0.25, 0.3) is 0 Å². The molecule has 92 valence electrons. The number of esters is 1. The average Bonchev–Trinajstić information content (AvgIpc) is 2.90. The Morgan fingerprint density at radius 1 is 1.41 bits per heavy atom. The van der Waals surface area contributed by atoms with Gasteiger partial charge >= 0.3 is 5.97 Å². The van der Waals surface area contributed by atoms with Crippen LogP contribution in [0.1, 0.15) is 34.8 Å². The molecular weight excluding hydrogens is 218 g/mol. The first-order valence-electron chi connectivity index (χ1n) is 5.76. The Morgan fingerprint density at radius 3 is 2.82 bits per heavy atom. The van der Waals surface area contributed by atoms with E-state index in [9.17, 15) is 4.79 Å². The first kappa shape index (κ1) is 11.9. The predicted molar refractivity (Wildman–Crippen MR) is 64.3 cm³/mol. The van der Waals surface area contributed by atoms with E-state index in [0.29, 0.717) is 11.6 Å². The maximum atomic E-state index is 11.4. The number of rotatable bonds is 3. The van der Waals surface area contributed by atoms with E-state index in [0.717, 1.165) is 24.3 Å². The van der Waals surface area contributed by atoms with Gasteiger partial charge in [0, 0.05) is 11.6 Å². The summed E-state index contributed by atoms with van der Waals surface area (Å²) in [6, 6.07) is 5.79. The highest BCUT2D eigenvalue weighted by atomic mass is 16.5.